The highest BCUT2D eigenvalue weighted by atomic mass is 32.1. The van der Waals surface area contributed by atoms with Crippen LogP contribution in [0, 0.1) is 0 Å². The molecule has 0 unspecified atom stereocenters. The third kappa shape index (κ3) is 4.42. The Hall–Kier alpha value is -2.66. The highest BCUT2D eigenvalue weighted by molar-refractivity contribution is 7.09. The smallest absolute Gasteiger partial charge is 0.304 e. The maximum absolute atomic E-state index is 11.4. The van der Waals surface area contributed by atoms with Crippen LogP contribution < -0.4 is 4.74 Å². The Morgan fingerprint density at radius 3 is 2.61 bits per heavy atom. The SMILES string of the molecule is COc1ccc(C(C)(C)C)cc1-c1cccc([C@H](CC(=O)O)c2nccs2)c1. The molecule has 0 amide bonds. The number of carboxylic acid groups (broad SMARTS) is 1. The fourth-order valence-corrected chi connectivity index (χ4v) is 4.02. The molecule has 1 heterocycles. The Labute approximate surface area is 169 Å². The van der Waals surface area contributed by atoms with Crippen molar-refractivity contribution in [3.63, 3.8) is 0 Å². The van der Waals surface area contributed by atoms with Crippen LogP contribution in [0.2, 0.25) is 0 Å². The van der Waals surface area contributed by atoms with E-state index in [0.29, 0.717) is 0 Å². The second kappa shape index (κ2) is 8.15. The Balaban J connectivity index is 2.09. The lowest BCUT2D eigenvalue weighted by Crippen LogP contribution is -2.11. The van der Waals surface area contributed by atoms with Gasteiger partial charge in [-0.1, -0.05) is 51.1 Å². The van der Waals surface area contributed by atoms with Gasteiger partial charge in [0.25, 0.3) is 0 Å². The van der Waals surface area contributed by atoms with E-state index in [1.165, 1.54) is 16.9 Å². The molecule has 3 aromatic rings. The average molecular weight is 396 g/mol. The second-order valence-corrected chi connectivity index (χ2v) is 8.74. The number of ether oxygens (including phenoxy) is 1. The highest BCUT2D eigenvalue weighted by Gasteiger charge is 2.22. The molecule has 0 saturated heterocycles. The van der Waals surface area contributed by atoms with Crippen LogP contribution in [0.15, 0.2) is 54.0 Å². The fourth-order valence-electron chi connectivity index (χ4n) is 3.25. The van der Waals surface area contributed by atoms with E-state index in [4.69, 9.17) is 4.74 Å². The van der Waals surface area contributed by atoms with Gasteiger partial charge in [-0.25, -0.2) is 4.98 Å². The summed E-state index contributed by atoms with van der Waals surface area (Å²) in [5.41, 5.74) is 4.19. The van der Waals surface area contributed by atoms with E-state index in [-0.39, 0.29) is 17.8 Å². The molecule has 2 aromatic carbocycles. The first-order valence-corrected chi connectivity index (χ1v) is 10.1. The Kier molecular flexibility index (Phi) is 5.84. The molecule has 1 aromatic heterocycles. The van der Waals surface area contributed by atoms with E-state index in [1.54, 1.807) is 13.3 Å². The molecule has 3 rings (SSSR count). The molecule has 0 aliphatic heterocycles. The van der Waals surface area contributed by atoms with Gasteiger partial charge in [0.2, 0.25) is 0 Å². The molecule has 0 spiro atoms. The van der Waals surface area contributed by atoms with Gasteiger partial charge in [-0.15, -0.1) is 11.3 Å². The summed E-state index contributed by atoms with van der Waals surface area (Å²) in [4.78, 5) is 15.8. The average Bonchev–Trinajstić information content (AvgIpc) is 3.19. The molecule has 0 aliphatic rings. The van der Waals surface area contributed by atoms with Crippen molar-refractivity contribution < 1.29 is 14.6 Å². The van der Waals surface area contributed by atoms with Crippen molar-refractivity contribution >= 4 is 17.3 Å². The zero-order valence-corrected chi connectivity index (χ0v) is 17.4. The van der Waals surface area contributed by atoms with E-state index in [2.05, 4.69) is 44.0 Å². The number of methoxy groups -OCH3 is 1. The quantitative estimate of drug-likeness (QED) is 0.580. The molecule has 4 nitrogen and oxygen atoms in total. The van der Waals surface area contributed by atoms with Crippen LogP contribution in [0.1, 0.15) is 49.2 Å². The predicted octanol–water partition coefficient (Wildman–Crippen LogP) is 5.72. The van der Waals surface area contributed by atoms with Gasteiger partial charge in [0.15, 0.2) is 0 Å². The van der Waals surface area contributed by atoms with Gasteiger partial charge in [-0.2, -0.15) is 0 Å². The summed E-state index contributed by atoms with van der Waals surface area (Å²) in [7, 11) is 1.67. The number of thiazole rings is 1. The van der Waals surface area contributed by atoms with Crippen molar-refractivity contribution in [1.82, 2.24) is 4.98 Å². The first kappa shape index (κ1) is 20.1. The maximum Gasteiger partial charge on any atom is 0.304 e. The highest BCUT2D eigenvalue weighted by Crippen LogP contribution is 2.37. The number of aromatic nitrogens is 1. The summed E-state index contributed by atoms with van der Waals surface area (Å²) in [6.45, 7) is 6.54. The molecule has 0 saturated carbocycles. The van der Waals surface area contributed by atoms with Crippen LogP contribution in [-0.4, -0.2) is 23.2 Å². The molecular formula is C23H25NO3S. The van der Waals surface area contributed by atoms with Gasteiger partial charge in [0, 0.05) is 23.1 Å². The summed E-state index contributed by atoms with van der Waals surface area (Å²) in [5.74, 6) is -0.304. The van der Waals surface area contributed by atoms with Crippen LogP contribution >= 0.6 is 11.3 Å². The van der Waals surface area contributed by atoms with Crippen LogP contribution in [0.5, 0.6) is 5.75 Å². The summed E-state index contributed by atoms with van der Waals surface area (Å²) < 4.78 is 5.60. The monoisotopic (exact) mass is 395 g/mol. The summed E-state index contributed by atoms with van der Waals surface area (Å²) >= 11 is 1.48. The number of hydrogen-bond donors (Lipinski definition) is 1. The summed E-state index contributed by atoms with van der Waals surface area (Å²) in [6.07, 6.45) is 1.73. The van der Waals surface area contributed by atoms with Gasteiger partial charge in [0.1, 0.15) is 10.8 Å². The zero-order valence-electron chi connectivity index (χ0n) is 16.6. The fraction of sp³-hybridized carbons (Fsp3) is 0.304. The molecule has 5 heteroatoms. The van der Waals surface area contributed by atoms with E-state index in [9.17, 15) is 9.90 Å². The van der Waals surface area contributed by atoms with Gasteiger partial charge in [-0.05, 0) is 34.2 Å². The molecule has 0 bridgehead atoms. The lowest BCUT2D eigenvalue weighted by Gasteiger charge is -2.21. The van der Waals surface area contributed by atoms with Crippen molar-refractivity contribution in [1.29, 1.82) is 0 Å². The zero-order chi connectivity index (χ0) is 20.3. The normalized spacial score (nSPS) is 12.6. The standard InChI is InChI=1S/C23H25NO3S/c1-23(2,3)17-8-9-20(27-4)18(13-17)15-6-5-7-16(12-15)19(14-21(25)26)22-24-10-11-28-22/h5-13,19H,14H2,1-4H3,(H,25,26)/t19-/m0/s1. The van der Waals surface area contributed by atoms with Crippen molar-refractivity contribution in [3.8, 4) is 16.9 Å². The summed E-state index contributed by atoms with van der Waals surface area (Å²) in [5, 5.41) is 12.1. The summed E-state index contributed by atoms with van der Waals surface area (Å²) in [6, 6.07) is 14.3. The first-order valence-electron chi connectivity index (χ1n) is 9.19. The number of carbonyl (C=O) groups is 1. The van der Waals surface area contributed by atoms with Crippen LogP contribution in [0.25, 0.3) is 11.1 Å². The minimum absolute atomic E-state index is 0.0101. The third-order valence-corrected chi connectivity index (χ3v) is 5.68. The lowest BCUT2D eigenvalue weighted by molar-refractivity contribution is -0.137. The molecule has 0 aliphatic carbocycles. The second-order valence-electron chi connectivity index (χ2n) is 7.81. The van der Waals surface area contributed by atoms with E-state index < -0.39 is 5.97 Å². The third-order valence-electron chi connectivity index (χ3n) is 4.79. The molecule has 146 valence electrons. The molecule has 1 N–H and O–H groups in total. The number of nitrogens with zero attached hydrogens (tertiary/aromatic N) is 1. The van der Waals surface area contributed by atoms with Crippen molar-refractivity contribution in [2.45, 2.75) is 38.5 Å². The van der Waals surface area contributed by atoms with Gasteiger partial charge in [-0.3, -0.25) is 4.79 Å². The number of hydrogen-bond acceptors (Lipinski definition) is 4. The molecule has 0 fully saturated rings. The van der Waals surface area contributed by atoms with E-state index in [1.807, 2.05) is 29.6 Å². The predicted molar refractivity (Wildman–Crippen MR) is 113 cm³/mol. The lowest BCUT2D eigenvalue weighted by atomic mass is 9.84. The number of benzene rings is 2. The van der Waals surface area contributed by atoms with Gasteiger partial charge >= 0.3 is 5.97 Å². The van der Waals surface area contributed by atoms with Crippen LogP contribution in [0.3, 0.4) is 0 Å². The molecular weight excluding hydrogens is 370 g/mol. The van der Waals surface area contributed by atoms with Gasteiger partial charge < -0.3 is 9.84 Å². The largest absolute Gasteiger partial charge is 0.496 e. The molecule has 28 heavy (non-hydrogen) atoms. The van der Waals surface area contributed by atoms with E-state index in [0.717, 1.165) is 27.4 Å². The van der Waals surface area contributed by atoms with Crippen LogP contribution in [-0.2, 0) is 10.2 Å². The van der Waals surface area contributed by atoms with E-state index >= 15 is 0 Å². The number of rotatable bonds is 6. The first-order chi connectivity index (χ1) is 13.3. The van der Waals surface area contributed by atoms with Crippen LogP contribution in [0.4, 0.5) is 0 Å². The minimum Gasteiger partial charge on any atom is -0.496 e. The number of aliphatic carboxylic acids is 1. The maximum atomic E-state index is 11.4. The Morgan fingerprint density at radius 1 is 1.21 bits per heavy atom. The number of carboxylic acids is 1. The van der Waals surface area contributed by atoms with Crippen molar-refractivity contribution in [3.05, 3.63) is 70.2 Å². The van der Waals surface area contributed by atoms with Crippen molar-refractivity contribution in [2.75, 3.05) is 7.11 Å². The van der Waals surface area contributed by atoms with Gasteiger partial charge in [0.05, 0.1) is 13.5 Å². The topological polar surface area (TPSA) is 59.4 Å². The Bertz CT molecular complexity index is 958. The molecule has 1 atom stereocenters. The Morgan fingerprint density at radius 2 is 2.00 bits per heavy atom. The minimum atomic E-state index is -0.835. The molecule has 0 radical (unpaired) electrons. The van der Waals surface area contributed by atoms with Crippen molar-refractivity contribution in [2.24, 2.45) is 0 Å².